The van der Waals surface area contributed by atoms with Gasteiger partial charge in [0.05, 0.1) is 17.1 Å². The molecule has 1 aliphatic rings. The average molecular weight is 514 g/mol. The number of hydrogen-bond donors (Lipinski definition) is 0. The normalized spacial score (nSPS) is 19.1. The van der Waals surface area contributed by atoms with E-state index in [4.69, 9.17) is 26.3 Å². The van der Waals surface area contributed by atoms with E-state index in [9.17, 15) is 8.78 Å². The molecular formula is C22H24BrClF2N4O. The van der Waals surface area contributed by atoms with Crippen molar-refractivity contribution in [3.63, 3.8) is 0 Å². The Morgan fingerprint density at radius 2 is 1.94 bits per heavy atom. The molecule has 5 nitrogen and oxygen atoms in total. The molecule has 4 rings (SSSR count). The van der Waals surface area contributed by atoms with Crippen molar-refractivity contribution in [2.24, 2.45) is 0 Å². The summed E-state index contributed by atoms with van der Waals surface area (Å²) in [6.45, 7) is 4.37. The zero-order valence-electron chi connectivity index (χ0n) is 17.4. The van der Waals surface area contributed by atoms with Crippen molar-refractivity contribution < 1.29 is 13.5 Å². The summed E-state index contributed by atoms with van der Waals surface area (Å²) in [6.07, 6.45) is 1.64. The van der Waals surface area contributed by atoms with Gasteiger partial charge in [0.1, 0.15) is 23.8 Å². The van der Waals surface area contributed by atoms with Crippen LogP contribution in [0.4, 0.5) is 14.6 Å². The van der Waals surface area contributed by atoms with Gasteiger partial charge in [-0.2, -0.15) is 0 Å². The van der Waals surface area contributed by atoms with Crippen molar-refractivity contribution >= 4 is 44.4 Å². The molecule has 3 heterocycles. The highest BCUT2D eigenvalue weighted by Crippen LogP contribution is 2.35. The molecule has 1 aliphatic heterocycles. The maximum atomic E-state index is 12.4. The highest BCUT2D eigenvalue weighted by Gasteiger charge is 2.28. The highest BCUT2D eigenvalue weighted by molar-refractivity contribution is 9.10. The fourth-order valence-electron chi connectivity index (χ4n) is 4.23. The van der Waals surface area contributed by atoms with Crippen LogP contribution in [-0.4, -0.2) is 46.3 Å². The predicted molar refractivity (Wildman–Crippen MR) is 123 cm³/mol. The quantitative estimate of drug-likeness (QED) is 0.354. The number of benzene rings is 1. The Labute approximate surface area is 193 Å². The third-order valence-corrected chi connectivity index (χ3v) is 7.01. The number of halogens is 4. The first-order valence-corrected chi connectivity index (χ1v) is 11.5. The van der Waals surface area contributed by atoms with Gasteiger partial charge in [0, 0.05) is 34.9 Å². The molecule has 166 valence electrons. The van der Waals surface area contributed by atoms with Crippen molar-refractivity contribution in [3.8, 4) is 11.4 Å². The second kappa shape index (κ2) is 9.38. The molecule has 9 heteroatoms. The lowest BCUT2D eigenvalue weighted by Gasteiger charge is -2.27. The van der Waals surface area contributed by atoms with Crippen LogP contribution in [0.15, 0.2) is 34.9 Å². The van der Waals surface area contributed by atoms with Gasteiger partial charge in [0.15, 0.2) is 0 Å². The third-order valence-electron chi connectivity index (χ3n) is 5.74. The van der Waals surface area contributed by atoms with E-state index in [2.05, 4.69) is 34.7 Å². The number of hydrogen-bond acceptors (Lipinski definition) is 4. The molecule has 2 aromatic heterocycles. The van der Waals surface area contributed by atoms with Crippen LogP contribution < -0.4 is 4.90 Å². The molecule has 2 atom stereocenters. The minimum atomic E-state index is -2.49. The minimum Gasteiger partial charge on any atom is -0.374 e. The Balaban J connectivity index is 1.68. The second-order valence-electron chi connectivity index (χ2n) is 7.87. The number of nitrogens with zero attached hydrogens (tertiary/aromatic N) is 4. The molecule has 1 fully saturated rings. The average Bonchev–Trinajstić information content (AvgIpc) is 3.28. The topological polar surface area (TPSA) is 43.2 Å². The van der Waals surface area contributed by atoms with Crippen LogP contribution >= 0.6 is 27.5 Å². The first-order chi connectivity index (χ1) is 14.9. The molecule has 0 spiro atoms. The summed E-state index contributed by atoms with van der Waals surface area (Å²) in [7, 11) is 0. The van der Waals surface area contributed by atoms with E-state index in [1.54, 1.807) is 0 Å². The molecule has 0 saturated carbocycles. The van der Waals surface area contributed by atoms with E-state index < -0.39 is 13.0 Å². The fourth-order valence-corrected chi connectivity index (χ4v) is 4.75. The summed E-state index contributed by atoms with van der Waals surface area (Å²) >= 11 is 9.91. The minimum absolute atomic E-state index is 0.144. The number of anilines is 1. The predicted octanol–water partition coefficient (Wildman–Crippen LogP) is 6.17. The summed E-state index contributed by atoms with van der Waals surface area (Å²) in [5.41, 5.74) is 2.29. The molecule has 3 aromatic rings. The van der Waals surface area contributed by atoms with Crippen LogP contribution in [0.5, 0.6) is 0 Å². The molecule has 0 amide bonds. The van der Waals surface area contributed by atoms with Crippen LogP contribution in [0, 0.1) is 0 Å². The van der Waals surface area contributed by atoms with Gasteiger partial charge in [-0.15, -0.1) is 0 Å². The SMILES string of the molecule is C[C@H]1CC[C@H](C)N1c1ccc(-c2nc3c(Cl)c(Br)ccc3n2CCOCC(F)F)cn1. The lowest BCUT2D eigenvalue weighted by Crippen LogP contribution is -2.33. The largest absolute Gasteiger partial charge is 0.374 e. The number of imidazole rings is 1. The van der Waals surface area contributed by atoms with Crippen molar-refractivity contribution in [2.45, 2.75) is 51.7 Å². The van der Waals surface area contributed by atoms with E-state index in [1.807, 2.05) is 35.0 Å². The first-order valence-electron chi connectivity index (χ1n) is 10.3. The van der Waals surface area contributed by atoms with Crippen LogP contribution in [0.1, 0.15) is 26.7 Å². The van der Waals surface area contributed by atoms with E-state index >= 15 is 0 Å². The Morgan fingerprint density at radius 3 is 2.58 bits per heavy atom. The number of fused-ring (bicyclic) bond motifs is 1. The van der Waals surface area contributed by atoms with Gasteiger partial charge >= 0.3 is 0 Å². The summed E-state index contributed by atoms with van der Waals surface area (Å²) < 4.78 is 32.7. The third kappa shape index (κ3) is 4.56. The van der Waals surface area contributed by atoms with E-state index in [1.165, 1.54) is 0 Å². The molecule has 0 bridgehead atoms. The van der Waals surface area contributed by atoms with Crippen molar-refractivity contribution in [3.05, 3.63) is 40.0 Å². The van der Waals surface area contributed by atoms with Gasteiger partial charge in [0.2, 0.25) is 0 Å². The van der Waals surface area contributed by atoms with Gasteiger partial charge in [-0.05, 0) is 66.9 Å². The van der Waals surface area contributed by atoms with Crippen molar-refractivity contribution in [2.75, 3.05) is 18.1 Å². The van der Waals surface area contributed by atoms with Crippen LogP contribution in [0.3, 0.4) is 0 Å². The van der Waals surface area contributed by atoms with Crippen molar-refractivity contribution in [1.29, 1.82) is 0 Å². The van der Waals surface area contributed by atoms with E-state index in [-0.39, 0.29) is 6.61 Å². The number of rotatable bonds is 7. The molecule has 0 radical (unpaired) electrons. The zero-order chi connectivity index (χ0) is 22.1. The Morgan fingerprint density at radius 1 is 1.19 bits per heavy atom. The number of pyridine rings is 1. The smallest absolute Gasteiger partial charge is 0.261 e. The molecule has 31 heavy (non-hydrogen) atoms. The lowest BCUT2D eigenvalue weighted by atomic mass is 10.2. The standard InChI is InChI=1S/C22H24BrClF2N4O/c1-13-3-4-14(2)30(13)19-8-5-15(11-27-19)22-28-21-17(7-6-16(23)20(21)24)29(22)9-10-31-12-18(25)26/h5-8,11,13-14,18H,3-4,9-10,12H2,1-2H3/t13-,14-/m0/s1. The molecule has 0 unspecified atom stereocenters. The molecular weight excluding hydrogens is 490 g/mol. The van der Waals surface area contributed by atoms with E-state index in [0.717, 1.165) is 34.2 Å². The van der Waals surface area contributed by atoms with Gasteiger partial charge in [-0.3, -0.25) is 0 Å². The maximum absolute atomic E-state index is 12.4. The van der Waals surface area contributed by atoms with Crippen LogP contribution in [-0.2, 0) is 11.3 Å². The van der Waals surface area contributed by atoms with Gasteiger partial charge < -0.3 is 14.2 Å². The Bertz CT molecular complexity index is 1050. The zero-order valence-corrected chi connectivity index (χ0v) is 19.7. The van der Waals surface area contributed by atoms with Crippen LogP contribution in [0.25, 0.3) is 22.4 Å². The summed E-state index contributed by atoms with van der Waals surface area (Å²) in [5, 5.41) is 0.510. The Kier molecular flexibility index (Phi) is 6.79. The monoisotopic (exact) mass is 512 g/mol. The van der Waals surface area contributed by atoms with E-state index in [0.29, 0.717) is 35.0 Å². The van der Waals surface area contributed by atoms with Crippen LogP contribution in [0.2, 0.25) is 5.02 Å². The Hall–Kier alpha value is -1.77. The summed E-state index contributed by atoms with van der Waals surface area (Å²) in [4.78, 5) is 11.8. The second-order valence-corrected chi connectivity index (χ2v) is 9.10. The van der Waals surface area contributed by atoms with Crippen molar-refractivity contribution in [1.82, 2.24) is 14.5 Å². The fraction of sp³-hybridized carbons (Fsp3) is 0.455. The summed E-state index contributed by atoms with van der Waals surface area (Å²) in [5.74, 6) is 1.63. The molecule has 0 aliphatic carbocycles. The molecule has 1 saturated heterocycles. The summed E-state index contributed by atoms with van der Waals surface area (Å²) in [6, 6.07) is 8.69. The molecule has 1 aromatic carbocycles. The molecule has 0 N–H and O–H groups in total. The van der Waals surface area contributed by atoms with Gasteiger partial charge in [-0.1, -0.05) is 11.6 Å². The highest BCUT2D eigenvalue weighted by atomic mass is 79.9. The number of aromatic nitrogens is 3. The first kappa shape index (κ1) is 22.4. The lowest BCUT2D eigenvalue weighted by molar-refractivity contribution is 0.0151. The van der Waals surface area contributed by atoms with Gasteiger partial charge in [-0.25, -0.2) is 18.7 Å². The van der Waals surface area contributed by atoms with Gasteiger partial charge in [0.25, 0.3) is 6.43 Å². The number of alkyl halides is 2. The maximum Gasteiger partial charge on any atom is 0.261 e. The number of ether oxygens (including phenoxy) is 1.